The van der Waals surface area contributed by atoms with E-state index in [0.717, 1.165) is 13.0 Å². The van der Waals surface area contributed by atoms with E-state index in [4.69, 9.17) is 16.2 Å². The van der Waals surface area contributed by atoms with Gasteiger partial charge in [0, 0.05) is 18.6 Å². The van der Waals surface area contributed by atoms with Crippen molar-refractivity contribution in [2.75, 3.05) is 6.61 Å². The third kappa shape index (κ3) is 0.971. The Balaban J connectivity index is 1.95. The molecule has 1 saturated heterocycles. The molecule has 4 atom stereocenters. The Morgan fingerprint density at radius 1 is 1.58 bits per heavy atom. The Labute approximate surface area is 70.4 Å². The molecule has 1 heterocycles. The van der Waals surface area contributed by atoms with Gasteiger partial charge in [0.25, 0.3) is 0 Å². The highest BCUT2D eigenvalue weighted by atomic mass is 16.5. The van der Waals surface area contributed by atoms with E-state index < -0.39 is 6.03 Å². The molecular formula is C7H13N3O2. The normalized spacial score (nSPS) is 44.8. The minimum Gasteiger partial charge on any atom is -0.376 e. The van der Waals surface area contributed by atoms with E-state index in [9.17, 15) is 4.79 Å². The molecule has 5 nitrogen and oxygen atoms in total. The largest absolute Gasteiger partial charge is 0.376 e. The number of hydrogen-bond acceptors (Lipinski definition) is 3. The summed E-state index contributed by atoms with van der Waals surface area (Å²) in [5, 5.41) is 2.59. The highest BCUT2D eigenvalue weighted by molar-refractivity contribution is 5.72. The van der Waals surface area contributed by atoms with Gasteiger partial charge in [-0.05, 0) is 6.42 Å². The van der Waals surface area contributed by atoms with Crippen LogP contribution in [0, 0.1) is 5.92 Å². The molecule has 0 aromatic carbocycles. The topological polar surface area (TPSA) is 90.4 Å². The molecule has 4 unspecified atom stereocenters. The van der Waals surface area contributed by atoms with E-state index in [-0.39, 0.29) is 18.2 Å². The first-order valence-corrected chi connectivity index (χ1v) is 4.13. The van der Waals surface area contributed by atoms with Crippen LogP contribution >= 0.6 is 0 Å². The lowest BCUT2D eigenvalue weighted by atomic mass is 9.72. The predicted molar refractivity (Wildman–Crippen MR) is 42.3 cm³/mol. The number of nitrogens with one attached hydrogen (secondary N) is 1. The smallest absolute Gasteiger partial charge is 0.312 e. The molecule has 1 aliphatic carbocycles. The summed E-state index contributed by atoms with van der Waals surface area (Å²) in [7, 11) is 0. The fourth-order valence-electron chi connectivity index (χ4n) is 2.09. The van der Waals surface area contributed by atoms with Crippen molar-refractivity contribution in [3.63, 3.8) is 0 Å². The van der Waals surface area contributed by atoms with Gasteiger partial charge >= 0.3 is 6.03 Å². The number of fused-ring (bicyclic) bond motifs is 1. The first-order chi connectivity index (χ1) is 5.70. The molecule has 0 radical (unpaired) electrons. The van der Waals surface area contributed by atoms with Crippen molar-refractivity contribution in [3.8, 4) is 0 Å². The molecule has 0 aromatic rings. The second-order valence-electron chi connectivity index (χ2n) is 3.40. The third-order valence-electron chi connectivity index (χ3n) is 2.76. The van der Waals surface area contributed by atoms with Gasteiger partial charge in [0.2, 0.25) is 0 Å². The number of carbonyl (C=O) groups excluding carboxylic acids is 1. The lowest BCUT2D eigenvalue weighted by molar-refractivity contribution is -0.0130. The molecule has 2 amide bonds. The maximum Gasteiger partial charge on any atom is 0.312 e. The molecular weight excluding hydrogens is 158 g/mol. The Morgan fingerprint density at radius 2 is 2.33 bits per heavy atom. The average Bonchev–Trinajstić information content (AvgIpc) is 2.44. The van der Waals surface area contributed by atoms with Crippen LogP contribution in [0.15, 0.2) is 0 Å². The number of urea groups is 1. The van der Waals surface area contributed by atoms with Crippen molar-refractivity contribution >= 4 is 6.03 Å². The molecule has 68 valence electrons. The van der Waals surface area contributed by atoms with Crippen molar-refractivity contribution in [1.82, 2.24) is 5.32 Å². The van der Waals surface area contributed by atoms with Gasteiger partial charge in [0.15, 0.2) is 0 Å². The van der Waals surface area contributed by atoms with Crippen LogP contribution in [0.3, 0.4) is 0 Å². The van der Waals surface area contributed by atoms with Crippen LogP contribution in [0.5, 0.6) is 0 Å². The lowest BCUT2D eigenvalue weighted by Crippen LogP contribution is -2.69. The van der Waals surface area contributed by atoms with Crippen LogP contribution < -0.4 is 16.8 Å². The zero-order chi connectivity index (χ0) is 8.72. The molecule has 12 heavy (non-hydrogen) atoms. The number of hydrogen-bond donors (Lipinski definition) is 3. The summed E-state index contributed by atoms with van der Waals surface area (Å²) in [5.74, 6) is 0.418. The van der Waals surface area contributed by atoms with Gasteiger partial charge in [-0.15, -0.1) is 0 Å². The fraction of sp³-hybridized carbons (Fsp3) is 0.857. The lowest BCUT2D eigenvalue weighted by Gasteiger charge is -2.45. The van der Waals surface area contributed by atoms with Crippen molar-refractivity contribution < 1.29 is 9.53 Å². The Morgan fingerprint density at radius 3 is 3.00 bits per heavy atom. The van der Waals surface area contributed by atoms with Gasteiger partial charge in [-0.25, -0.2) is 4.79 Å². The molecule has 1 aliphatic heterocycles. The molecule has 2 fully saturated rings. The minimum atomic E-state index is -0.524. The molecule has 5 N–H and O–H groups in total. The van der Waals surface area contributed by atoms with Crippen LogP contribution in [0.25, 0.3) is 0 Å². The van der Waals surface area contributed by atoms with Crippen molar-refractivity contribution in [2.45, 2.75) is 24.6 Å². The van der Waals surface area contributed by atoms with Crippen LogP contribution in [0.2, 0.25) is 0 Å². The third-order valence-corrected chi connectivity index (χ3v) is 2.76. The van der Waals surface area contributed by atoms with Crippen molar-refractivity contribution in [2.24, 2.45) is 17.4 Å². The number of nitrogens with two attached hydrogens (primary N) is 2. The number of rotatable bonds is 1. The Kier molecular flexibility index (Phi) is 1.69. The van der Waals surface area contributed by atoms with Gasteiger partial charge in [-0.3, -0.25) is 0 Å². The average molecular weight is 171 g/mol. The fourth-order valence-corrected chi connectivity index (χ4v) is 2.09. The number of carbonyl (C=O) groups is 1. The van der Waals surface area contributed by atoms with Crippen molar-refractivity contribution in [1.29, 1.82) is 0 Å². The predicted octanol–water partition coefficient (Wildman–Crippen LogP) is -1.23. The number of amides is 2. The van der Waals surface area contributed by atoms with E-state index in [1.807, 2.05) is 0 Å². The minimum absolute atomic E-state index is 0.0185. The highest BCUT2D eigenvalue weighted by Gasteiger charge is 2.52. The maximum atomic E-state index is 10.5. The van der Waals surface area contributed by atoms with Crippen molar-refractivity contribution in [3.05, 3.63) is 0 Å². The second-order valence-corrected chi connectivity index (χ2v) is 3.40. The molecule has 0 spiro atoms. The monoisotopic (exact) mass is 171 g/mol. The summed E-state index contributed by atoms with van der Waals surface area (Å²) in [6.45, 7) is 0.750. The van der Waals surface area contributed by atoms with Gasteiger partial charge in [0.1, 0.15) is 0 Å². The summed E-state index contributed by atoms with van der Waals surface area (Å²) in [6, 6.07) is -0.579. The highest BCUT2D eigenvalue weighted by Crippen LogP contribution is 2.37. The summed E-state index contributed by atoms with van der Waals surface area (Å²) in [5.41, 5.74) is 10.8. The molecule has 2 rings (SSSR count). The molecule has 2 aliphatic rings. The van der Waals surface area contributed by atoms with Crippen LogP contribution in [0.1, 0.15) is 6.42 Å². The van der Waals surface area contributed by atoms with Crippen LogP contribution in [-0.2, 0) is 4.74 Å². The van der Waals surface area contributed by atoms with Gasteiger partial charge in [-0.1, -0.05) is 0 Å². The second kappa shape index (κ2) is 2.60. The number of primary amides is 1. The summed E-state index contributed by atoms with van der Waals surface area (Å²) >= 11 is 0. The molecule has 1 saturated carbocycles. The summed E-state index contributed by atoms with van der Waals surface area (Å²) in [4.78, 5) is 10.5. The van der Waals surface area contributed by atoms with E-state index in [2.05, 4.69) is 5.32 Å². The molecule has 0 bridgehead atoms. The zero-order valence-corrected chi connectivity index (χ0v) is 6.69. The summed E-state index contributed by atoms with van der Waals surface area (Å²) < 4.78 is 5.39. The SMILES string of the molecule is NC(=O)NC1C(N)C2CCOC21. The van der Waals surface area contributed by atoms with Crippen LogP contribution in [0.4, 0.5) is 4.79 Å². The first-order valence-electron chi connectivity index (χ1n) is 4.13. The zero-order valence-electron chi connectivity index (χ0n) is 6.69. The van der Waals surface area contributed by atoms with E-state index in [1.54, 1.807) is 0 Å². The Bertz CT molecular complexity index is 209. The standard InChI is InChI=1S/C7H13N3O2/c8-4-3-1-2-12-6(3)5(4)10-7(9)11/h3-6H,1-2,8H2,(H3,9,10,11). The quantitative estimate of drug-likeness (QED) is 0.461. The van der Waals surface area contributed by atoms with Gasteiger partial charge in [0.05, 0.1) is 12.1 Å². The first kappa shape index (κ1) is 7.82. The maximum absolute atomic E-state index is 10.5. The van der Waals surface area contributed by atoms with E-state index >= 15 is 0 Å². The summed E-state index contributed by atoms with van der Waals surface area (Å²) in [6.07, 6.45) is 1.11. The molecule has 5 heteroatoms. The van der Waals surface area contributed by atoms with Gasteiger partial charge < -0.3 is 21.5 Å². The number of ether oxygens (including phenoxy) is 1. The van der Waals surface area contributed by atoms with E-state index in [1.165, 1.54) is 0 Å². The van der Waals surface area contributed by atoms with E-state index in [0.29, 0.717) is 5.92 Å². The Hall–Kier alpha value is -0.810. The van der Waals surface area contributed by atoms with Crippen LogP contribution in [-0.4, -0.2) is 30.8 Å². The molecule has 0 aromatic heterocycles. The van der Waals surface area contributed by atoms with Gasteiger partial charge in [-0.2, -0.15) is 0 Å².